The molecule has 1 unspecified atom stereocenters. The zero-order valence-electron chi connectivity index (χ0n) is 11.3. The van der Waals surface area contributed by atoms with E-state index in [1.807, 2.05) is 6.07 Å². The van der Waals surface area contributed by atoms with Crippen LogP contribution in [0.15, 0.2) is 24.3 Å². The lowest BCUT2D eigenvalue weighted by Gasteiger charge is -2.14. The van der Waals surface area contributed by atoms with Gasteiger partial charge in [-0.25, -0.2) is 4.39 Å². The number of halogens is 2. The second-order valence-electron chi connectivity index (χ2n) is 5.06. The topological polar surface area (TPSA) is 0 Å². The Morgan fingerprint density at radius 2 is 1.94 bits per heavy atom. The molecule has 0 aliphatic carbocycles. The predicted octanol–water partition coefficient (Wildman–Crippen LogP) is 5.74. The highest BCUT2D eigenvalue weighted by atomic mass is 79.9. The summed E-state index contributed by atoms with van der Waals surface area (Å²) < 4.78 is 13.1. The summed E-state index contributed by atoms with van der Waals surface area (Å²) in [6.45, 7) is 2.24. The smallest absolute Gasteiger partial charge is 0.123 e. The Balaban J connectivity index is 2.28. The summed E-state index contributed by atoms with van der Waals surface area (Å²) in [7, 11) is 0. The molecule has 1 aromatic carbocycles. The van der Waals surface area contributed by atoms with E-state index in [1.54, 1.807) is 12.1 Å². The van der Waals surface area contributed by atoms with Gasteiger partial charge in [0.1, 0.15) is 5.82 Å². The summed E-state index contributed by atoms with van der Waals surface area (Å²) in [5.74, 6) is 0.511. The van der Waals surface area contributed by atoms with Crippen molar-refractivity contribution in [3.8, 4) is 0 Å². The third kappa shape index (κ3) is 6.53. The van der Waals surface area contributed by atoms with Crippen LogP contribution in [0.1, 0.15) is 51.0 Å². The highest BCUT2D eigenvalue weighted by molar-refractivity contribution is 9.09. The van der Waals surface area contributed by atoms with Crippen molar-refractivity contribution in [2.24, 2.45) is 5.92 Å². The number of hydrogen-bond acceptors (Lipinski definition) is 0. The minimum absolute atomic E-state index is 0.122. The van der Waals surface area contributed by atoms with Crippen molar-refractivity contribution in [1.82, 2.24) is 0 Å². The number of benzene rings is 1. The highest BCUT2D eigenvalue weighted by Gasteiger charge is 2.08. The second-order valence-corrected chi connectivity index (χ2v) is 5.70. The van der Waals surface area contributed by atoms with Gasteiger partial charge in [0.2, 0.25) is 0 Å². The zero-order valence-corrected chi connectivity index (χ0v) is 12.9. The molecule has 0 nitrogen and oxygen atoms in total. The molecule has 0 heterocycles. The Morgan fingerprint density at radius 1 is 1.17 bits per heavy atom. The van der Waals surface area contributed by atoms with Crippen molar-refractivity contribution < 1.29 is 4.39 Å². The number of unbranched alkanes of at least 4 members (excludes halogenated alkanes) is 4. The summed E-state index contributed by atoms with van der Waals surface area (Å²) >= 11 is 3.58. The first kappa shape index (κ1) is 15.7. The van der Waals surface area contributed by atoms with E-state index in [1.165, 1.54) is 44.6 Å². The van der Waals surface area contributed by atoms with Gasteiger partial charge in [0.15, 0.2) is 0 Å². The monoisotopic (exact) mass is 314 g/mol. The molecule has 0 N–H and O–H groups in total. The van der Waals surface area contributed by atoms with Crippen molar-refractivity contribution in [1.29, 1.82) is 0 Å². The maximum atomic E-state index is 13.1. The predicted molar refractivity (Wildman–Crippen MR) is 80.8 cm³/mol. The maximum absolute atomic E-state index is 13.1. The Hall–Kier alpha value is -0.370. The van der Waals surface area contributed by atoms with Gasteiger partial charge in [-0.2, -0.15) is 0 Å². The van der Waals surface area contributed by atoms with Gasteiger partial charge in [-0.15, -0.1) is 0 Å². The molecular weight excluding hydrogens is 291 g/mol. The lowest BCUT2D eigenvalue weighted by molar-refractivity contribution is 0.491. The van der Waals surface area contributed by atoms with Crippen molar-refractivity contribution in [2.45, 2.75) is 51.9 Å². The standard InChI is InChI=1S/C16H24BrF/c1-2-3-4-5-6-8-15(13-17)11-14-9-7-10-16(18)12-14/h7,9-10,12,15H,2-6,8,11,13H2,1H3. The third-order valence-electron chi connectivity index (χ3n) is 3.35. The molecule has 0 aromatic heterocycles. The number of alkyl halides is 1. The van der Waals surface area contributed by atoms with Gasteiger partial charge >= 0.3 is 0 Å². The van der Waals surface area contributed by atoms with Crippen LogP contribution in [0.25, 0.3) is 0 Å². The van der Waals surface area contributed by atoms with E-state index in [0.29, 0.717) is 5.92 Å². The summed E-state index contributed by atoms with van der Waals surface area (Å²) in [6, 6.07) is 7.00. The molecule has 0 bridgehead atoms. The zero-order chi connectivity index (χ0) is 13.2. The molecular formula is C16H24BrF. The fourth-order valence-electron chi connectivity index (χ4n) is 2.27. The average molecular weight is 315 g/mol. The Labute approximate surface area is 119 Å². The van der Waals surface area contributed by atoms with E-state index in [0.717, 1.165) is 17.3 Å². The van der Waals surface area contributed by atoms with Crippen LogP contribution in [-0.4, -0.2) is 5.33 Å². The molecule has 0 fully saturated rings. The van der Waals surface area contributed by atoms with E-state index in [2.05, 4.69) is 22.9 Å². The van der Waals surface area contributed by atoms with Crippen LogP contribution in [0.4, 0.5) is 4.39 Å². The molecule has 1 rings (SSSR count). The van der Waals surface area contributed by atoms with Crippen molar-refractivity contribution in [2.75, 3.05) is 5.33 Å². The van der Waals surface area contributed by atoms with Gasteiger partial charge < -0.3 is 0 Å². The molecule has 0 aliphatic rings. The van der Waals surface area contributed by atoms with Crippen LogP contribution in [0, 0.1) is 11.7 Å². The van der Waals surface area contributed by atoms with E-state index >= 15 is 0 Å². The number of hydrogen-bond donors (Lipinski definition) is 0. The first-order valence-corrected chi connectivity index (χ1v) is 8.18. The Morgan fingerprint density at radius 3 is 2.61 bits per heavy atom. The largest absolute Gasteiger partial charge is 0.207 e. The van der Waals surface area contributed by atoms with Gasteiger partial charge in [-0.3, -0.25) is 0 Å². The molecule has 0 spiro atoms. The van der Waals surface area contributed by atoms with Gasteiger partial charge in [0, 0.05) is 5.33 Å². The van der Waals surface area contributed by atoms with Crippen LogP contribution in [0.3, 0.4) is 0 Å². The fraction of sp³-hybridized carbons (Fsp3) is 0.625. The summed E-state index contributed by atoms with van der Waals surface area (Å²) in [5, 5.41) is 1.01. The minimum atomic E-state index is -0.122. The van der Waals surface area contributed by atoms with Gasteiger partial charge in [0.05, 0.1) is 0 Å². The summed E-state index contributed by atoms with van der Waals surface area (Å²) in [5.41, 5.74) is 1.12. The van der Waals surface area contributed by atoms with Crippen LogP contribution >= 0.6 is 15.9 Å². The molecule has 1 atom stereocenters. The quantitative estimate of drug-likeness (QED) is 0.403. The van der Waals surface area contributed by atoms with Gasteiger partial charge in [0.25, 0.3) is 0 Å². The normalized spacial score (nSPS) is 12.6. The molecule has 0 radical (unpaired) electrons. The van der Waals surface area contributed by atoms with Crippen molar-refractivity contribution >= 4 is 15.9 Å². The van der Waals surface area contributed by atoms with Gasteiger partial charge in [-0.05, 0) is 36.5 Å². The molecule has 0 saturated carbocycles. The van der Waals surface area contributed by atoms with E-state index in [4.69, 9.17) is 0 Å². The molecule has 2 heteroatoms. The molecule has 0 saturated heterocycles. The third-order valence-corrected chi connectivity index (χ3v) is 4.26. The average Bonchev–Trinajstić information content (AvgIpc) is 2.37. The molecule has 1 aromatic rings. The van der Waals surface area contributed by atoms with Gasteiger partial charge in [-0.1, -0.05) is 67.1 Å². The lowest BCUT2D eigenvalue weighted by atomic mass is 9.95. The maximum Gasteiger partial charge on any atom is 0.123 e. The SMILES string of the molecule is CCCCCCCC(CBr)Cc1cccc(F)c1. The van der Waals surface area contributed by atoms with E-state index in [-0.39, 0.29) is 5.82 Å². The highest BCUT2D eigenvalue weighted by Crippen LogP contribution is 2.19. The van der Waals surface area contributed by atoms with Crippen LogP contribution in [0.2, 0.25) is 0 Å². The molecule has 0 aliphatic heterocycles. The summed E-state index contributed by atoms with van der Waals surface area (Å²) in [6.07, 6.45) is 8.86. The van der Waals surface area contributed by atoms with Crippen LogP contribution < -0.4 is 0 Å². The molecule has 18 heavy (non-hydrogen) atoms. The lowest BCUT2D eigenvalue weighted by Crippen LogP contribution is -2.06. The molecule has 102 valence electrons. The Bertz CT molecular complexity index is 325. The first-order valence-electron chi connectivity index (χ1n) is 7.06. The minimum Gasteiger partial charge on any atom is -0.207 e. The van der Waals surface area contributed by atoms with Crippen molar-refractivity contribution in [3.05, 3.63) is 35.6 Å². The van der Waals surface area contributed by atoms with Crippen LogP contribution in [0.5, 0.6) is 0 Å². The second kappa shape index (κ2) is 9.55. The number of rotatable bonds is 9. The van der Waals surface area contributed by atoms with E-state index < -0.39 is 0 Å². The van der Waals surface area contributed by atoms with Crippen LogP contribution in [-0.2, 0) is 6.42 Å². The fourth-order valence-corrected chi connectivity index (χ4v) is 2.82. The Kier molecular flexibility index (Phi) is 8.32. The van der Waals surface area contributed by atoms with Crippen molar-refractivity contribution in [3.63, 3.8) is 0 Å². The van der Waals surface area contributed by atoms with E-state index in [9.17, 15) is 4.39 Å². The molecule has 0 amide bonds. The first-order chi connectivity index (χ1) is 8.76. The summed E-state index contributed by atoms with van der Waals surface area (Å²) in [4.78, 5) is 0.